The number of rotatable bonds is 2. The Bertz CT molecular complexity index is 469. The van der Waals surface area contributed by atoms with Crippen molar-refractivity contribution in [3.05, 3.63) is 40.8 Å². The summed E-state index contributed by atoms with van der Waals surface area (Å²) >= 11 is 1.67. The first kappa shape index (κ1) is 9.66. The van der Waals surface area contributed by atoms with Crippen molar-refractivity contribution in [3.63, 3.8) is 0 Å². The van der Waals surface area contributed by atoms with Gasteiger partial charge >= 0.3 is 0 Å². The van der Waals surface area contributed by atoms with Crippen molar-refractivity contribution in [1.29, 1.82) is 0 Å². The molecule has 1 N–H and O–H groups in total. The van der Waals surface area contributed by atoms with Gasteiger partial charge in [-0.05, 0) is 17.7 Å². The molecule has 1 unspecified atom stereocenters. The molecule has 3 nitrogen and oxygen atoms in total. The molecule has 1 aliphatic heterocycles. The summed E-state index contributed by atoms with van der Waals surface area (Å²) in [6, 6.07) is 4.07. The van der Waals surface area contributed by atoms with Crippen LogP contribution in [0.3, 0.4) is 0 Å². The van der Waals surface area contributed by atoms with E-state index in [9.17, 15) is 0 Å². The molecule has 16 heavy (non-hydrogen) atoms. The highest BCUT2D eigenvalue weighted by molar-refractivity contribution is 7.08. The predicted octanol–water partition coefficient (Wildman–Crippen LogP) is 2.56. The average molecular weight is 232 g/mol. The molecule has 0 fully saturated rings. The van der Waals surface area contributed by atoms with Gasteiger partial charge in [0.05, 0.1) is 12.2 Å². The van der Waals surface area contributed by atoms with Crippen LogP contribution in [0.25, 0.3) is 0 Å². The van der Waals surface area contributed by atoms with Crippen LogP contribution in [0.2, 0.25) is 0 Å². The van der Waals surface area contributed by atoms with E-state index < -0.39 is 0 Å². The zero-order valence-corrected chi connectivity index (χ0v) is 9.54. The first-order valence-corrected chi connectivity index (χ1v) is 6.22. The van der Waals surface area contributed by atoms with Gasteiger partial charge in [0.25, 0.3) is 0 Å². The lowest BCUT2D eigenvalue weighted by atomic mass is 10.1. The fourth-order valence-electron chi connectivity index (χ4n) is 1.85. The van der Waals surface area contributed by atoms with Gasteiger partial charge in [-0.2, -0.15) is 0 Å². The number of pyridine rings is 1. The van der Waals surface area contributed by atoms with Crippen LogP contribution in [0.4, 0.5) is 5.69 Å². The van der Waals surface area contributed by atoms with Crippen molar-refractivity contribution < 1.29 is 4.74 Å². The Kier molecular flexibility index (Phi) is 2.50. The summed E-state index contributed by atoms with van der Waals surface area (Å²) in [5.74, 6) is 0.982. The molecule has 0 amide bonds. The third kappa shape index (κ3) is 1.88. The number of aromatic nitrogens is 1. The van der Waals surface area contributed by atoms with Crippen LogP contribution in [0.1, 0.15) is 5.56 Å². The van der Waals surface area contributed by atoms with Gasteiger partial charge in [0.15, 0.2) is 5.75 Å². The van der Waals surface area contributed by atoms with Crippen LogP contribution in [-0.2, 0) is 6.42 Å². The average Bonchev–Trinajstić information content (AvgIpc) is 2.77. The van der Waals surface area contributed by atoms with Crippen LogP contribution in [0, 0.1) is 0 Å². The van der Waals surface area contributed by atoms with E-state index >= 15 is 0 Å². The van der Waals surface area contributed by atoms with E-state index in [-0.39, 0.29) is 6.10 Å². The zero-order chi connectivity index (χ0) is 10.8. The standard InChI is InChI=1S/C12H12N2OS/c1-3-13-4-2-9(1)5-10-6-14-11-7-16-8-12(11)15-10/h1-4,7-8,10,14H,5-6H2. The molecular weight excluding hydrogens is 220 g/mol. The Morgan fingerprint density at radius 1 is 1.38 bits per heavy atom. The Morgan fingerprint density at radius 2 is 2.25 bits per heavy atom. The lowest BCUT2D eigenvalue weighted by Gasteiger charge is -2.25. The van der Waals surface area contributed by atoms with E-state index in [1.165, 1.54) is 5.56 Å². The van der Waals surface area contributed by atoms with Gasteiger partial charge in [0.2, 0.25) is 0 Å². The van der Waals surface area contributed by atoms with Crippen LogP contribution >= 0.6 is 11.3 Å². The lowest BCUT2D eigenvalue weighted by Crippen LogP contribution is -2.32. The molecule has 1 atom stereocenters. The number of hydrogen-bond acceptors (Lipinski definition) is 4. The number of thiophene rings is 1. The molecule has 2 aromatic heterocycles. The molecule has 3 heterocycles. The minimum Gasteiger partial charge on any atom is -0.485 e. The molecular formula is C12H12N2OS. The molecule has 3 rings (SSSR count). The van der Waals surface area contributed by atoms with Crippen molar-refractivity contribution in [2.75, 3.05) is 11.9 Å². The Morgan fingerprint density at radius 3 is 3.12 bits per heavy atom. The van der Waals surface area contributed by atoms with Crippen molar-refractivity contribution >= 4 is 17.0 Å². The molecule has 0 radical (unpaired) electrons. The summed E-state index contributed by atoms with van der Waals surface area (Å²) in [6.07, 6.45) is 4.78. The van der Waals surface area contributed by atoms with Gasteiger partial charge in [-0.15, -0.1) is 11.3 Å². The third-order valence-electron chi connectivity index (χ3n) is 2.65. The second kappa shape index (κ2) is 4.14. The van der Waals surface area contributed by atoms with E-state index in [0.29, 0.717) is 0 Å². The molecule has 0 spiro atoms. The minimum absolute atomic E-state index is 0.212. The summed E-state index contributed by atoms with van der Waals surface area (Å²) in [5, 5.41) is 7.51. The second-order valence-electron chi connectivity index (χ2n) is 3.83. The van der Waals surface area contributed by atoms with E-state index in [1.807, 2.05) is 29.9 Å². The summed E-state index contributed by atoms with van der Waals surface area (Å²) in [5.41, 5.74) is 2.39. The molecule has 0 aromatic carbocycles. The number of nitrogens with zero attached hydrogens (tertiary/aromatic N) is 1. The van der Waals surface area contributed by atoms with Gasteiger partial charge < -0.3 is 10.1 Å². The molecule has 0 aliphatic carbocycles. The molecule has 0 saturated carbocycles. The fourth-order valence-corrected chi connectivity index (χ4v) is 2.56. The van der Waals surface area contributed by atoms with Crippen molar-refractivity contribution in [1.82, 2.24) is 4.98 Å². The van der Waals surface area contributed by atoms with Gasteiger partial charge in [-0.3, -0.25) is 4.98 Å². The van der Waals surface area contributed by atoms with E-state index in [0.717, 1.165) is 24.4 Å². The summed E-state index contributed by atoms with van der Waals surface area (Å²) in [7, 11) is 0. The van der Waals surface area contributed by atoms with E-state index in [4.69, 9.17) is 4.74 Å². The number of anilines is 1. The molecule has 0 bridgehead atoms. The normalized spacial score (nSPS) is 18.4. The van der Waals surface area contributed by atoms with Gasteiger partial charge in [0, 0.05) is 29.6 Å². The second-order valence-corrected chi connectivity index (χ2v) is 4.57. The first-order chi connectivity index (χ1) is 7.92. The van der Waals surface area contributed by atoms with Crippen LogP contribution in [0.5, 0.6) is 5.75 Å². The smallest absolute Gasteiger partial charge is 0.153 e. The maximum atomic E-state index is 5.90. The number of fused-ring (bicyclic) bond motifs is 1. The Labute approximate surface area is 98.1 Å². The Hall–Kier alpha value is -1.55. The topological polar surface area (TPSA) is 34.1 Å². The molecule has 2 aromatic rings. The van der Waals surface area contributed by atoms with Gasteiger partial charge in [-0.1, -0.05) is 0 Å². The fraction of sp³-hybridized carbons (Fsp3) is 0.250. The van der Waals surface area contributed by atoms with Crippen LogP contribution in [0.15, 0.2) is 35.3 Å². The zero-order valence-electron chi connectivity index (χ0n) is 8.72. The summed E-state index contributed by atoms with van der Waals surface area (Å²) in [4.78, 5) is 4.01. The SMILES string of the molecule is c1cc(CC2CNc3cscc3O2)ccn1. The molecule has 4 heteroatoms. The van der Waals surface area contributed by atoms with Crippen LogP contribution < -0.4 is 10.1 Å². The number of ether oxygens (including phenoxy) is 1. The lowest BCUT2D eigenvalue weighted by molar-refractivity contribution is 0.207. The Balaban J connectivity index is 1.71. The number of nitrogens with one attached hydrogen (secondary N) is 1. The molecule has 0 saturated heterocycles. The minimum atomic E-state index is 0.212. The predicted molar refractivity (Wildman–Crippen MR) is 65.2 cm³/mol. The van der Waals surface area contributed by atoms with Gasteiger partial charge in [-0.25, -0.2) is 0 Å². The first-order valence-electron chi connectivity index (χ1n) is 5.27. The van der Waals surface area contributed by atoms with Crippen molar-refractivity contribution in [2.24, 2.45) is 0 Å². The monoisotopic (exact) mass is 232 g/mol. The maximum absolute atomic E-state index is 5.90. The highest BCUT2D eigenvalue weighted by Crippen LogP contribution is 2.33. The summed E-state index contributed by atoms with van der Waals surface area (Å²) < 4.78 is 5.90. The van der Waals surface area contributed by atoms with Gasteiger partial charge in [0.1, 0.15) is 6.10 Å². The van der Waals surface area contributed by atoms with E-state index in [1.54, 1.807) is 11.3 Å². The highest BCUT2D eigenvalue weighted by Gasteiger charge is 2.19. The quantitative estimate of drug-likeness (QED) is 0.864. The third-order valence-corrected chi connectivity index (χ3v) is 3.37. The molecule has 1 aliphatic rings. The summed E-state index contributed by atoms with van der Waals surface area (Å²) in [6.45, 7) is 0.867. The van der Waals surface area contributed by atoms with Crippen molar-refractivity contribution in [2.45, 2.75) is 12.5 Å². The highest BCUT2D eigenvalue weighted by atomic mass is 32.1. The number of hydrogen-bond donors (Lipinski definition) is 1. The maximum Gasteiger partial charge on any atom is 0.153 e. The van der Waals surface area contributed by atoms with Crippen LogP contribution in [-0.4, -0.2) is 17.6 Å². The largest absolute Gasteiger partial charge is 0.485 e. The van der Waals surface area contributed by atoms with Crippen molar-refractivity contribution in [3.8, 4) is 5.75 Å². The molecule has 82 valence electrons. The van der Waals surface area contributed by atoms with E-state index in [2.05, 4.69) is 15.7 Å².